The number of carboxylic acid groups (broad SMARTS) is 1. The van der Waals surface area contributed by atoms with Crippen molar-refractivity contribution in [3.8, 4) is 0 Å². The number of carbonyl (C=O) groups is 1. The Balaban J connectivity index is 0. The second-order valence-electron chi connectivity index (χ2n) is 5.66. The molecule has 0 aliphatic carbocycles. The standard InChI is InChI=1S/3C4H9.C2H4O2.C2H5.Sn/c3*1-3-4-2;1-2(3)4;1-2;/h3*1,3-4H2,2H3;1H3,(H,3,4);1H2,2H3;/p-1. The van der Waals surface area contributed by atoms with Crippen LogP contribution in [0.15, 0.2) is 0 Å². The van der Waals surface area contributed by atoms with Crippen LogP contribution in [0.25, 0.3) is 0 Å². The van der Waals surface area contributed by atoms with Crippen LogP contribution in [0.5, 0.6) is 0 Å². The predicted molar refractivity (Wildman–Crippen MR) is 86.1 cm³/mol. The Hall–Kier alpha value is 0.269. The van der Waals surface area contributed by atoms with Crippen LogP contribution >= 0.6 is 0 Å². The van der Waals surface area contributed by atoms with Crippen LogP contribution in [0.1, 0.15) is 73.1 Å². The topological polar surface area (TPSA) is 40.1 Å². The number of carbonyl (C=O) groups excluding carboxylic acids is 1. The molecule has 0 atom stereocenters. The first-order valence-electron chi connectivity index (χ1n) is 8.15. The number of hydrogen-bond acceptors (Lipinski definition) is 2. The molecule has 0 amide bonds. The zero-order chi connectivity index (χ0) is 15.1. The van der Waals surface area contributed by atoms with E-state index in [0.29, 0.717) is 0 Å². The maximum absolute atomic E-state index is 8.89. The predicted octanol–water partition coefficient (Wildman–Crippen LogP) is 4.61. The zero-order valence-corrected chi connectivity index (χ0v) is 16.7. The second-order valence-corrected chi connectivity index (χ2v) is 20.5. The van der Waals surface area contributed by atoms with Gasteiger partial charge in [0.1, 0.15) is 0 Å². The van der Waals surface area contributed by atoms with Crippen molar-refractivity contribution in [3.63, 3.8) is 0 Å². The van der Waals surface area contributed by atoms with Crippen molar-refractivity contribution in [1.82, 2.24) is 0 Å². The Kier molecular flexibility index (Phi) is 16.7. The summed E-state index contributed by atoms with van der Waals surface area (Å²) in [6.45, 7) is 10.5. The molecule has 0 saturated carbocycles. The van der Waals surface area contributed by atoms with Crippen molar-refractivity contribution in [2.24, 2.45) is 0 Å². The van der Waals surface area contributed by atoms with E-state index in [0.717, 1.165) is 6.92 Å². The monoisotopic (exact) mass is 379 g/mol. The molecule has 0 aromatic heterocycles. The average molecular weight is 378 g/mol. The first kappa shape index (κ1) is 21.6. The summed E-state index contributed by atoms with van der Waals surface area (Å²) in [6, 6.07) is 0. The van der Waals surface area contributed by atoms with Crippen molar-refractivity contribution in [3.05, 3.63) is 0 Å². The van der Waals surface area contributed by atoms with E-state index in [1.807, 2.05) is 0 Å². The second kappa shape index (κ2) is 14.7. The average Bonchev–Trinajstić information content (AvgIpc) is 2.38. The molecular formula is C16H35O2Sn-. The summed E-state index contributed by atoms with van der Waals surface area (Å²) < 4.78 is 6.65. The van der Waals surface area contributed by atoms with Crippen LogP contribution in [0.2, 0.25) is 17.7 Å². The zero-order valence-electron chi connectivity index (χ0n) is 13.9. The van der Waals surface area contributed by atoms with Gasteiger partial charge < -0.3 is 9.90 Å². The van der Waals surface area contributed by atoms with Gasteiger partial charge in [0.2, 0.25) is 0 Å². The van der Waals surface area contributed by atoms with Gasteiger partial charge in [-0.1, -0.05) is 0 Å². The fourth-order valence-corrected chi connectivity index (χ4v) is 17.2. The molecule has 2 nitrogen and oxygen atoms in total. The van der Waals surface area contributed by atoms with Crippen molar-refractivity contribution in [2.75, 3.05) is 0 Å². The molecule has 3 heteroatoms. The van der Waals surface area contributed by atoms with Crippen LogP contribution in [0.3, 0.4) is 0 Å². The number of hydrogen-bond donors (Lipinski definition) is 0. The van der Waals surface area contributed by atoms with Crippen molar-refractivity contribution >= 4 is 24.3 Å². The van der Waals surface area contributed by atoms with E-state index in [9.17, 15) is 0 Å². The van der Waals surface area contributed by atoms with Gasteiger partial charge in [-0.15, -0.1) is 0 Å². The minimum absolute atomic E-state index is 0.972. The summed E-state index contributed by atoms with van der Waals surface area (Å²) in [5.74, 6) is -1.08. The van der Waals surface area contributed by atoms with Gasteiger partial charge in [-0.3, -0.25) is 0 Å². The van der Waals surface area contributed by atoms with E-state index >= 15 is 0 Å². The fourth-order valence-electron chi connectivity index (χ4n) is 2.56. The summed E-state index contributed by atoms with van der Waals surface area (Å²) >= 11 is -1.62. The molecule has 0 bridgehead atoms. The van der Waals surface area contributed by atoms with Crippen LogP contribution in [-0.2, 0) is 4.79 Å². The van der Waals surface area contributed by atoms with Gasteiger partial charge in [-0.2, -0.15) is 0 Å². The van der Waals surface area contributed by atoms with E-state index in [2.05, 4.69) is 27.7 Å². The Morgan fingerprint density at radius 1 is 0.842 bits per heavy atom. The maximum atomic E-state index is 8.89. The van der Waals surface area contributed by atoms with E-state index in [4.69, 9.17) is 9.90 Å². The van der Waals surface area contributed by atoms with Gasteiger partial charge in [0.05, 0.1) is 0 Å². The molecule has 0 heterocycles. The summed E-state index contributed by atoms with van der Waals surface area (Å²) in [6.07, 6.45) is 8.82. The van der Waals surface area contributed by atoms with E-state index < -0.39 is 24.3 Å². The molecule has 0 aromatic carbocycles. The SMILES string of the molecule is CC(=O)[O-].CCC[CH2][Sn]([CH2]C)([CH2]CCC)[CH2]CCC. The molecule has 0 radical (unpaired) electrons. The quantitative estimate of drug-likeness (QED) is 0.521. The Morgan fingerprint density at radius 3 is 1.26 bits per heavy atom. The molecule has 0 aliphatic rings. The van der Waals surface area contributed by atoms with Crippen molar-refractivity contribution in [2.45, 2.75) is 90.9 Å². The Bertz CT molecular complexity index is 179. The number of unbranched alkanes of at least 4 members (excludes halogenated alkanes) is 3. The molecule has 0 N–H and O–H groups in total. The third-order valence-electron chi connectivity index (χ3n) is 3.93. The minimum atomic E-state index is -1.62. The summed E-state index contributed by atoms with van der Waals surface area (Å²) in [4.78, 5) is 8.89. The van der Waals surface area contributed by atoms with Gasteiger partial charge in [0, 0.05) is 5.97 Å². The molecule has 0 saturated heterocycles. The van der Waals surface area contributed by atoms with E-state index in [1.54, 1.807) is 17.7 Å². The fraction of sp³-hybridized carbons (Fsp3) is 0.938. The van der Waals surface area contributed by atoms with Crippen LogP contribution in [-0.4, -0.2) is 24.3 Å². The molecular weight excluding hydrogens is 343 g/mol. The first-order valence-corrected chi connectivity index (χ1v) is 16.2. The number of carboxylic acids is 1. The van der Waals surface area contributed by atoms with Gasteiger partial charge in [0.15, 0.2) is 0 Å². The van der Waals surface area contributed by atoms with E-state index in [1.165, 1.54) is 38.5 Å². The molecule has 0 aliphatic heterocycles. The number of rotatable bonds is 10. The van der Waals surface area contributed by atoms with Gasteiger partial charge in [-0.05, 0) is 6.92 Å². The van der Waals surface area contributed by atoms with Crippen molar-refractivity contribution < 1.29 is 9.90 Å². The Labute approximate surface area is 125 Å². The van der Waals surface area contributed by atoms with Crippen LogP contribution in [0, 0.1) is 0 Å². The van der Waals surface area contributed by atoms with Crippen molar-refractivity contribution in [1.29, 1.82) is 0 Å². The molecule has 0 aromatic rings. The van der Waals surface area contributed by atoms with Gasteiger partial charge >= 0.3 is 102 Å². The normalized spacial score (nSPS) is 10.8. The Morgan fingerprint density at radius 2 is 1.11 bits per heavy atom. The summed E-state index contributed by atoms with van der Waals surface area (Å²) in [5, 5.41) is 8.89. The molecule has 0 fully saturated rings. The molecule has 116 valence electrons. The number of aliphatic carboxylic acids is 1. The molecule has 0 unspecified atom stereocenters. The summed E-state index contributed by atoms with van der Waals surface area (Å²) in [5.41, 5.74) is 0. The molecule has 0 rings (SSSR count). The van der Waals surface area contributed by atoms with Gasteiger partial charge in [0.25, 0.3) is 0 Å². The third-order valence-corrected chi connectivity index (χ3v) is 20.3. The van der Waals surface area contributed by atoms with E-state index in [-0.39, 0.29) is 0 Å². The summed E-state index contributed by atoms with van der Waals surface area (Å²) in [7, 11) is 0. The molecule has 0 spiro atoms. The third kappa shape index (κ3) is 14.5. The van der Waals surface area contributed by atoms with Crippen LogP contribution < -0.4 is 5.11 Å². The van der Waals surface area contributed by atoms with Gasteiger partial charge in [-0.25, -0.2) is 0 Å². The first-order chi connectivity index (χ1) is 8.97. The molecule has 19 heavy (non-hydrogen) atoms. The van der Waals surface area contributed by atoms with Crippen LogP contribution in [0.4, 0.5) is 0 Å².